The van der Waals surface area contributed by atoms with Gasteiger partial charge in [-0.25, -0.2) is 9.18 Å². The summed E-state index contributed by atoms with van der Waals surface area (Å²) in [4.78, 5) is 27.1. The Morgan fingerprint density at radius 1 is 0.848 bits per heavy atom. The molecular weight excluding hydrogens is 417 g/mol. The highest BCUT2D eigenvalue weighted by Crippen LogP contribution is 2.18. The van der Waals surface area contributed by atoms with Crippen LogP contribution in [0.2, 0.25) is 0 Å². The van der Waals surface area contributed by atoms with Gasteiger partial charge in [-0.1, -0.05) is 48.0 Å². The molecule has 0 unspecified atom stereocenters. The maximum atomic E-state index is 13.4. The molecule has 4 aromatic carbocycles. The maximum Gasteiger partial charge on any atom is 0.326 e. The Balaban J connectivity index is 1.45. The lowest BCUT2D eigenvalue weighted by molar-refractivity contribution is 0.0954. The van der Waals surface area contributed by atoms with E-state index < -0.39 is 0 Å². The molecule has 0 aromatic heterocycles. The zero-order valence-electron chi connectivity index (χ0n) is 18.2. The van der Waals surface area contributed by atoms with Gasteiger partial charge in [0.25, 0.3) is 5.91 Å². The molecule has 33 heavy (non-hydrogen) atoms. The van der Waals surface area contributed by atoms with Gasteiger partial charge in [-0.2, -0.15) is 0 Å². The number of carbonyl (C=O) groups excluding carboxylic acids is 2. The van der Waals surface area contributed by atoms with E-state index >= 15 is 0 Å². The number of hydrogen-bond donors (Lipinski definition) is 2. The van der Waals surface area contributed by atoms with Crippen molar-refractivity contribution in [2.24, 2.45) is 0 Å². The van der Waals surface area contributed by atoms with Crippen LogP contribution in [-0.2, 0) is 0 Å². The van der Waals surface area contributed by atoms with Gasteiger partial charge in [0.2, 0.25) is 0 Å². The SMILES string of the molecule is Cc1ccc(NC(=O)N(CCNC(=O)c2ccc3ccccc3c2)c2ccc(F)cc2)cc1. The molecule has 0 bridgehead atoms. The number of rotatable bonds is 6. The van der Waals surface area contributed by atoms with E-state index in [-0.39, 0.29) is 30.8 Å². The fraction of sp³-hybridized carbons (Fsp3) is 0.111. The highest BCUT2D eigenvalue weighted by molar-refractivity contribution is 6.02. The molecule has 0 fully saturated rings. The molecule has 2 N–H and O–H groups in total. The van der Waals surface area contributed by atoms with Crippen molar-refractivity contribution in [1.82, 2.24) is 5.32 Å². The molecule has 0 saturated carbocycles. The van der Waals surface area contributed by atoms with E-state index in [0.29, 0.717) is 16.9 Å². The second-order valence-electron chi connectivity index (χ2n) is 7.74. The van der Waals surface area contributed by atoms with Crippen LogP contribution >= 0.6 is 0 Å². The minimum atomic E-state index is -0.387. The van der Waals surface area contributed by atoms with Crippen LogP contribution in [0, 0.1) is 12.7 Å². The first-order valence-electron chi connectivity index (χ1n) is 10.7. The molecule has 4 aromatic rings. The summed E-state index contributed by atoms with van der Waals surface area (Å²) >= 11 is 0. The van der Waals surface area contributed by atoms with Gasteiger partial charge in [-0.3, -0.25) is 9.69 Å². The van der Waals surface area contributed by atoms with Crippen molar-refractivity contribution in [2.75, 3.05) is 23.3 Å². The molecule has 4 rings (SSSR count). The van der Waals surface area contributed by atoms with Crippen LogP contribution in [0.15, 0.2) is 91.0 Å². The predicted molar refractivity (Wildman–Crippen MR) is 130 cm³/mol. The Bertz CT molecular complexity index is 1270. The van der Waals surface area contributed by atoms with Crippen LogP contribution in [0.4, 0.5) is 20.6 Å². The quantitative estimate of drug-likeness (QED) is 0.400. The Morgan fingerprint density at radius 2 is 1.55 bits per heavy atom. The molecule has 0 radical (unpaired) electrons. The third-order valence-corrected chi connectivity index (χ3v) is 5.32. The van der Waals surface area contributed by atoms with Crippen molar-refractivity contribution in [3.63, 3.8) is 0 Å². The summed E-state index contributed by atoms with van der Waals surface area (Å²) in [6.45, 7) is 2.40. The van der Waals surface area contributed by atoms with Gasteiger partial charge in [0, 0.05) is 30.0 Å². The topological polar surface area (TPSA) is 61.4 Å². The van der Waals surface area contributed by atoms with Crippen molar-refractivity contribution in [3.8, 4) is 0 Å². The van der Waals surface area contributed by atoms with E-state index in [1.165, 1.54) is 29.2 Å². The number of carbonyl (C=O) groups is 2. The van der Waals surface area contributed by atoms with Gasteiger partial charge >= 0.3 is 6.03 Å². The minimum Gasteiger partial charge on any atom is -0.350 e. The van der Waals surface area contributed by atoms with Crippen LogP contribution in [0.3, 0.4) is 0 Å². The summed E-state index contributed by atoms with van der Waals surface area (Å²) in [5.74, 6) is -0.610. The zero-order chi connectivity index (χ0) is 23.2. The van der Waals surface area contributed by atoms with E-state index in [0.717, 1.165) is 16.3 Å². The monoisotopic (exact) mass is 441 g/mol. The summed E-state index contributed by atoms with van der Waals surface area (Å²) in [7, 11) is 0. The van der Waals surface area contributed by atoms with Gasteiger partial charge in [0.05, 0.1) is 0 Å². The molecule has 0 aliphatic heterocycles. The molecule has 5 nitrogen and oxygen atoms in total. The molecule has 0 aliphatic rings. The third-order valence-electron chi connectivity index (χ3n) is 5.32. The first kappa shape index (κ1) is 22.0. The van der Waals surface area contributed by atoms with Crippen LogP contribution in [0.5, 0.6) is 0 Å². The number of benzene rings is 4. The number of fused-ring (bicyclic) bond motifs is 1. The van der Waals surface area contributed by atoms with Crippen LogP contribution in [0.25, 0.3) is 10.8 Å². The Morgan fingerprint density at radius 3 is 2.27 bits per heavy atom. The summed E-state index contributed by atoms with van der Waals surface area (Å²) in [6.07, 6.45) is 0. The second kappa shape index (κ2) is 9.96. The first-order valence-corrected chi connectivity index (χ1v) is 10.7. The Hall–Kier alpha value is -4.19. The lowest BCUT2D eigenvalue weighted by Crippen LogP contribution is -2.41. The van der Waals surface area contributed by atoms with Crippen LogP contribution in [0.1, 0.15) is 15.9 Å². The maximum absolute atomic E-state index is 13.4. The molecule has 166 valence electrons. The second-order valence-corrected chi connectivity index (χ2v) is 7.74. The van der Waals surface area contributed by atoms with Crippen molar-refractivity contribution in [1.29, 1.82) is 0 Å². The fourth-order valence-corrected chi connectivity index (χ4v) is 3.51. The zero-order valence-corrected chi connectivity index (χ0v) is 18.2. The first-order chi connectivity index (χ1) is 16.0. The van der Waals surface area contributed by atoms with Gasteiger partial charge in [-0.15, -0.1) is 0 Å². The van der Waals surface area contributed by atoms with E-state index in [4.69, 9.17) is 0 Å². The number of aryl methyl sites for hydroxylation is 1. The molecule has 6 heteroatoms. The largest absolute Gasteiger partial charge is 0.350 e. The normalized spacial score (nSPS) is 10.6. The van der Waals surface area contributed by atoms with E-state index in [1.807, 2.05) is 67.6 Å². The predicted octanol–water partition coefficient (Wildman–Crippen LogP) is 5.76. The van der Waals surface area contributed by atoms with Gasteiger partial charge in [0.15, 0.2) is 0 Å². The summed E-state index contributed by atoms with van der Waals surface area (Å²) in [5, 5.41) is 7.76. The molecule has 0 spiro atoms. The minimum absolute atomic E-state index is 0.211. The summed E-state index contributed by atoms with van der Waals surface area (Å²) in [6, 6.07) is 26.1. The fourth-order valence-electron chi connectivity index (χ4n) is 3.51. The summed E-state index contributed by atoms with van der Waals surface area (Å²) < 4.78 is 13.4. The lowest BCUT2D eigenvalue weighted by atomic mass is 10.1. The molecule has 0 saturated heterocycles. The smallest absolute Gasteiger partial charge is 0.326 e. The van der Waals surface area contributed by atoms with Crippen molar-refractivity contribution >= 4 is 34.1 Å². The molecule has 0 atom stereocenters. The number of nitrogens with zero attached hydrogens (tertiary/aromatic N) is 1. The van der Waals surface area contributed by atoms with E-state index in [1.54, 1.807) is 6.07 Å². The van der Waals surface area contributed by atoms with Crippen molar-refractivity contribution in [3.05, 3.63) is 108 Å². The summed E-state index contributed by atoms with van der Waals surface area (Å²) in [5.41, 5.74) is 2.81. The third kappa shape index (κ3) is 5.54. The number of nitrogens with one attached hydrogen (secondary N) is 2. The van der Waals surface area contributed by atoms with Gasteiger partial charge < -0.3 is 10.6 Å². The van der Waals surface area contributed by atoms with Gasteiger partial charge in [0.1, 0.15) is 5.82 Å². The van der Waals surface area contributed by atoms with Gasteiger partial charge in [-0.05, 0) is 66.2 Å². The van der Waals surface area contributed by atoms with Crippen LogP contribution in [-0.4, -0.2) is 25.0 Å². The molecule has 0 heterocycles. The molecule has 3 amide bonds. The highest BCUT2D eigenvalue weighted by Gasteiger charge is 2.17. The highest BCUT2D eigenvalue weighted by atomic mass is 19.1. The van der Waals surface area contributed by atoms with Crippen LogP contribution < -0.4 is 15.5 Å². The lowest BCUT2D eigenvalue weighted by Gasteiger charge is -2.23. The number of hydrogen-bond acceptors (Lipinski definition) is 2. The number of halogens is 1. The standard InChI is InChI=1S/C27H24FN3O2/c1-19-6-12-24(13-7-19)30-27(33)31(25-14-10-23(28)11-15-25)17-16-29-26(32)22-9-8-20-4-2-3-5-21(20)18-22/h2-15,18H,16-17H2,1H3,(H,29,32)(H,30,33). The number of amides is 3. The van der Waals surface area contributed by atoms with Crippen molar-refractivity contribution < 1.29 is 14.0 Å². The van der Waals surface area contributed by atoms with Crippen molar-refractivity contribution in [2.45, 2.75) is 6.92 Å². The Kier molecular flexibility index (Phi) is 6.64. The average molecular weight is 442 g/mol. The van der Waals surface area contributed by atoms with E-state index in [2.05, 4.69) is 10.6 Å². The Labute approximate surface area is 191 Å². The van der Waals surface area contributed by atoms with E-state index in [9.17, 15) is 14.0 Å². The average Bonchev–Trinajstić information content (AvgIpc) is 2.83. The molecule has 0 aliphatic carbocycles. The molecular formula is C27H24FN3O2. The number of anilines is 2. The number of urea groups is 1.